The number of nitrogens with one attached hydrogen (secondary N) is 1. The molecule has 0 bridgehead atoms. The number of hydrogen-bond donors (Lipinski definition) is 1. The van der Waals surface area contributed by atoms with Crippen LogP contribution in [-0.4, -0.2) is 25.4 Å². The number of aromatic nitrogens is 1. The zero-order valence-corrected chi connectivity index (χ0v) is 11.7. The standard InChI is InChI=1S/C14H12ClN3O2/c1-19-11-5-8-7-17-13-9(15)3-4-16-14(13)18-10(8)6-12(11)20-2/h3-7H,1-2H3,(H,16,18). The Morgan fingerprint density at radius 3 is 2.65 bits per heavy atom. The smallest absolute Gasteiger partial charge is 0.162 e. The average Bonchev–Trinajstić information content (AvgIpc) is 2.65. The van der Waals surface area contributed by atoms with Crippen molar-refractivity contribution in [3.8, 4) is 11.5 Å². The summed E-state index contributed by atoms with van der Waals surface area (Å²) in [6.45, 7) is 0. The lowest BCUT2D eigenvalue weighted by Gasteiger charge is -2.13. The normalized spacial score (nSPS) is 11.9. The maximum atomic E-state index is 6.13. The van der Waals surface area contributed by atoms with E-state index in [1.807, 2.05) is 12.1 Å². The van der Waals surface area contributed by atoms with Crippen LogP contribution < -0.4 is 14.8 Å². The van der Waals surface area contributed by atoms with E-state index in [4.69, 9.17) is 21.1 Å². The Kier molecular flexibility index (Phi) is 3.20. The van der Waals surface area contributed by atoms with Gasteiger partial charge in [-0.1, -0.05) is 11.6 Å². The molecule has 0 fully saturated rings. The van der Waals surface area contributed by atoms with Crippen molar-refractivity contribution in [2.24, 2.45) is 4.99 Å². The van der Waals surface area contributed by atoms with Crippen LogP contribution in [0, 0.1) is 0 Å². The Balaban J connectivity index is 2.16. The molecule has 0 saturated carbocycles. The van der Waals surface area contributed by atoms with Crippen molar-refractivity contribution in [3.63, 3.8) is 0 Å². The van der Waals surface area contributed by atoms with Crippen molar-refractivity contribution in [2.75, 3.05) is 19.5 Å². The fraction of sp³-hybridized carbons (Fsp3) is 0.143. The van der Waals surface area contributed by atoms with Gasteiger partial charge < -0.3 is 14.8 Å². The van der Waals surface area contributed by atoms with Gasteiger partial charge in [0.05, 0.1) is 24.9 Å². The maximum absolute atomic E-state index is 6.13. The van der Waals surface area contributed by atoms with Gasteiger partial charge >= 0.3 is 0 Å². The number of anilines is 2. The van der Waals surface area contributed by atoms with Gasteiger partial charge in [0.25, 0.3) is 0 Å². The summed E-state index contributed by atoms with van der Waals surface area (Å²) in [6, 6.07) is 5.40. The first-order chi connectivity index (χ1) is 9.72. The predicted molar refractivity (Wildman–Crippen MR) is 79.3 cm³/mol. The van der Waals surface area contributed by atoms with Crippen LogP contribution >= 0.6 is 11.6 Å². The van der Waals surface area contributed by atoms with E-state index in [-0.39, 0.29) is 0 Å². The minimum absolute atomic E-state index is 0.547. The van der Waals surface area contributed by atoms with Crippen LogP contribution in [0.1, 0.15) is 5.56 Å². The Labute approximate surface area is 121 Å². The highest BCUT2D eigenvalue weighted by atomic mass is 35.5. The maximum Gasteiger partial charge on any atom is 0.162 e. The van der Waals surface area contributed by atoms with Gasteiger partial charge in [0, 0.05) is 24.0 Å². The third-order valence-electron chi connectivity index (χ3n) is 3.02. The highest BCUT2D eigenvalue weighted by molar-refractivity contribution is 6.33. The summed E-state index contributed by atoms with van der Waals surface area (Å²) in [7, 11) is 3.19. The molecule has 0 radical (unpaired) electrons. The zero-order valence-electron chi connectivity index (χ0n) is 11.0. The van der Waals surface area contributed by atoms with Crippen LogP contribution in [-0.2, 0) is 0 Å². The first-order valence-electron chi connectivity index (χ1n) is 5.94. The van der Waals surface area contributed by atoms with Gasteiger partial charge in [0.2, 0.25) is 0 Å². The highest BCUT2D eigenvalue weighted by Gasteiger charge is 2.16. The van der Waals surface area contributed by atoms with Crippen LogP contribution in [0.2, 0.25) is 5.02 Å². The number of ether oxygens (including phenoxy) is 2. The molecule has 20 heavy (non-hydrogen) atoms. The molecule has 0 saturated heterocycles. The first kappa shape index (κ1) is 12.7. The van der Waals surface area contributed by atoms with Crippen molar-refractivity contribution in [1.29, 1.82) is 0 Å². The van der Waals surface area contributed by atoms with E-state index in [0.29, 0.717) is 28.0 Å². The van der Waals surface area contributed by atoms with Gasteiger partial charge in [-0.3, -0.25) is 4.99 Å². The molecule has 2 aromatic rings. The SMILES string of the molecule is COc1cc2c(cc1OC)Nc1nccc(Cl)c1N=C2. The summed E-state index contributed by atoms with van der Waals surface area (Å²) < 4.78 is 10.6. The minimum Gasteiger partial charge on any atom is -0.493 e. The fourth-order valence-electron chi connectivity index (χ4n) is 2.02. The van der Waals surface area contributed by atoms with Gasteiger partial charge in [-0.05, 0) is 12.1 Å². The second-order valence-corrected chi connectivity index (χ2v) is 4.57. The number of rotatable bonds is 2. The van der Waals surface area contributed by atoms with Gasteiger partial charge in [-0.25, -0.2) is 4.98 Å². The number of fused-ring (bicyclic) bond motifs is 2. The summed E-state index contributed by atoms with van der Waals surface area (Å²) >= 11 is 6.13. The first-order valence-corrected chi connectivity index (χ1v) is 6.32. The molecule has 1 aromatic heterocycles. The number of benzene rings is 1. The lowest BCUT2D eigenvalue weighted by Crippen LogP contribution is -1.98. The van der Waals surface area contributed by atoms with Crippen molar-refractivity contribution in [2.45, 2.75) is 0 Å². The second-order valence-electron chi connectivity index (χ2n) is 4.17. The lowest BCUT2D eigenvalue weighted by molar-refractivity contribution is 0.355. The number of aliphatic imine (C=N–C) groups is 1. The van der Waals surface area contributed by atoms with Crippen molar-refractivity contribution < 1.29 is 9.47 Å². The Morgan fingerprint density at radius 1 is 1.15 bits per heavy atom. The van der Waals surface area contributed by atoms with Crippen molar-refractivity contribution in [3.05, 3.63) is 35.0 Å². The molecule has 5 nitrogen and oxygen atoms in total. The molecular weight excluding hydrogens is 278 g/mol. The number of pyridine rings is 1. The van der Waals surface area contributed by atoms with E-state index in [1.165, 1.54) is 0 Å². The second kappa shape index (κ2) is 5.02. The Hall–Kier alpha value is -2.27. The molecule has 0 aliphatic carbocycles. The van der Waals surface area contributed by atoms with E-state index in [9.17, 15) is 0 Å². The molecule has 0 unspecified atom stereocenters. The van der Waals surface area contributed by atoms with Crippen LogP contribution in [0.4, 0.5) is 17.2 Å². The summed E-state index contributed by atoms with van der Waals surface area (Å²) in [6.07, 6.45) is 3.36. The molecule has 0 amide bonds. The van der Waals surface area contributed by atoms with Crippen LogP contribution in [0.5, 0.6) is 11.5 Å². The van der Waals surface area contributed by atoms with E-state index >= 15 is 0 Å². The van der Waals surface area contributed by atoms with Crippen molar-refractivity contribution in [1.82, 2.24) is 4.98 Å². The van der Waals surface area contributed by atoms with Gasteiger partial charge in [0.1, 0.15) is 5.69 Å². The van der Waals surface area contributed by atoms with E-state index < -0.39 is 0 Å². The topological polar surface area (TPSA) is 55.7 Å². The van der Waals surface area contributed by atoms with E-state index in [1.54, 1.807) is 32.7 Å². The molecule has 2 heterocycles. The van der Waals surface area contributed by atoms with Gasteiger partial charge in [-0.15, -0.1) is 0 Å². The number of nitrogens with zero attached hydrogens (tertiary/aromatic N) is 2. The summed E-state index contributed by atoms with van der Waals surface area (Å²) in [5, 5.41) is 3.76. The highest BCUT2D eigenvalue weighted by Crippen LogP contribution is 2.39. The largest absolute Gasteiger partial charge is 0.493 e. The molecule has 1 N–H and O–H groups in total. The Bertz CT molecular complexity index is 701. The molecule has 0 atom stereocenters. The molecule has 1 aromatic carbocycles. The number of hydrogen-bond acceptors (Lipinski definition) is 5. The van der Waals surface area contributed by atoms with Crippen LogP contribution in [0.15, 0.2) is 29.4 Å². The van der Waals surface area contributed by atoms with E-state index in [0.717, 1.165) is 11.3 Å². The molecule has 0 spiro atoms. The summed E-state index contributed by atoms with van der Waals surface area (Å²) in [4.78, 5) is 8.64. The van der Waals surface area contributed by atoms with Gasteiger partial charge in [-0.2, -0.15) is 0 Å². The molecule has 1 aliphatic rings. The molecule has 1 aliphatic heterocycles. The van der Waals surface area contributed by atoms with Crippen molar-refractivity contribution >= 4 is 35.0 Å². The molecule has 102 valence electrons. The predicted octanol–water partition coefficient (Wildman–Crippen LogP) is 3.56. The summed E-state index contributed by atoms with van der Waals surface area (Å²) in [5.74, 6) is 1.89. The quantitative estimate of drug-likeness (QED) is 0.784. The third kappa shape index (κ3) is 2.06. The lowest BCUT2D eigenvalue weighted by atomic mass is 10.1. The third-order valence-corrected chi connectivity index (χ3v) is 3.32. The number of methoxy groups -OCH3 is 2. The Morgan fingerprint density at radius 2 is 1.90 bits per heavy atom. The fourth-order valence-corrected chi connectivity index (χ4v) is 2.21. The van der Waals surface area contributed by atoms with Crippen LogP contribution in [0.25, 0.3) is 0 Å². The molecule has 3 rings (SSSR count). The van der Waals surface area contributed by atoms with Gasteiger partial charge in [0.15, 0.2) is 17.3 Å². The molecule has 6 heteroatoms. The zero-order chi connectivity index (χ0) is 14.1. The average molecular weight is 290 g/mol. The monoisotopic (exact) mass is 289 g/mol. The summed E-state index contributed by atoms with van der Waals surface area (Å²) in [5.41, 5.74) is 2.32. The number of halogens is 1. The van der Waals surface area contributed by atoms with Crippen LogP contribution in [0.3, 0.4) is 0 Å². The van der Waals surface area contributed by atoms with E-state index in [2.05, 4.69) is 15.3 Å². The minimum atomic E-state index is 0.547. The molecular formula is C14H12ClN3O2.